The van der Waals surface area contributed by atoms with E-state index in [0.717, 1.165) is 12.1 Å². The average Bonchev–Trinajstić information content (AvgIpc) is 3.26. The van der Waals surface area contributed by atoms with E-state index in [2.05, 4.69) is 30.3 Å². The number of nitrogens with one attached hydrogen (secondary N) is 1. The molecule has 0 radical (unpaired) electrons. The molecule has 3 unspecified atom stereocenters. The van der Waals surface area contributed by atoms with Crippen LogP contribution in [0.4, 0.5) is 14.5 Å². The molecule has 2 bridgehead atoms. The van der Waals surface area contributed by atoms with Gasteiger partial charge in [0.25, 0.3) is 12.3 Å². The molecular formula is C21H25F2N3O. The molecule has 4 rings (SSSR count). The highest BCUT2D eigenvalue weighted by molar-refractivity contribution is 6.05. The van der Waals surface area contributed by atoms with Crippen molar-refractivity contribution in [3.8, 4) is 0 Å². The summed E-state index contributed by atoms with van der Waals surface area (Å²) in [6.07, 6.45) is 2.09. The molecule has 1 aromatic carbocycles. The molecule has 1 heterocycles. The SMILES string of the molecule is CC(C)CC1C2CCC1c1c(NC(=O)c3cn(C)nc3C(F)F)cccc12. The van der Waals surface area contributed by atoms with E-state index >= 15 is 0 Å². The summed E-state index contributed by atoms with van der Waals surface area (Å²) >= 11 is 0. The second-order valence-electron chi connectivity index (χ2n) is 8.25. The summed E-state index contributed by atoms with van der Waals surface area (Å²) in [7, 11) is 1.54. The molecule has 6 heteroatoms. The fourth-order valence-corrected chi connectivity index (χ4v) is 5.15. The summed E-state index contributed by atoms with van der Waals surface area (Å²) in [5.41, 5.74) is 2.78. The number of carbonyl (C=O) groups excluding carboxylic acids is 1. The molecule has 1 fully saturated rings. The largest absolute Gasteiger partial charge is 0.322 e. The number of nitrogens with zero attached hydrogens (tertiary/aromatic N) is 2. The zero-order chi connectivity index (χ0) is 19.3. The molecule has 2 aliphatic carbocycles. The van der Waals surface area contributed by atoms with Gasteiger partial charge in [-0.1, -0.05) is 26.0 Å². The number of benzene rings is 1. The topological polar surface area (TPSA) is 46.9 Å². The average molecular weight is 373 g/mol. The van der Waals surface area contributed by atoms with Crippen molar-refractivity contribution in [1.29, 1.82) is 0 Å². The van der Waals surface area contributed by atoms with Crippen LogP contribution in [0.5, 0.6) is 0 Å². The Morgan fingerprint density at radius 2 is 2.04 bits per heavy atom. The third-order valence-corrected chi connectivity index (χ3v) is 6.03. The number of carbonyl (C=O) groups is 1. The summed E-state index contributed by atoms with van der Waals surface area (Å²) in [5.74, 6) is 1.74. The van der Waals surface area contributed by atoms with Gasteiger partial charge in [0.15, 0.2) is 0 Å². The van der Waals surface area contributed by atoms with Crippen molar-refractivity contribution < 1.29 is 13.6 Å². The Hall–Kier alpha value is -2.24. The van der Waals surface area contributed by atoms with E-state index < -0.39 is 18.0 Å². The van der Waals surface area contributed by atoms with Crippen molar-refractivity contribution in [3.63, 3.8) is 0 Å². The second-order valence-corrected chi connectivity index (χ2v) is 8.25. The molecule has 1 N–H and O–H groups in total. The van der Waals surface area contributed by atoms with Gasteiger partial charge in [0, 0.05) is 18.9 Å². The van der Waals surface area contributed by atoms with Crippen molar-refractivity contribution in [1.82, 2.24) is 9.78 Å². The second kappa shape index (κ2) is 6.73. The Morgan fingerprint density at radius 1 is 1.30 bits per heavy atom. The highest BCUT2D eigenvalue weighted by Crippen LogP contribution is 2.60. The van der Waals surface area contributed by atoms with Crippen molar-refractivity contribution in [2.75, 3.05) is 5.32 Å². The Morgan fingerprint density at radius 3 is 2.74 bits per heavy atom. The molecule has 0 aliphatic heterocycles. The van der Waals surface area contributed by atoms with Gasteiger partial charge in [0.1, 0.15) is 5.69 Å². The first-order chi connectivity index (χ1) is 12.9. The summed E-state index contributed by atoms with van der Waals surface area (Å²) in [6.45, 7) is 4.50. The van der Waals surface area contributed by atoms with E-state index in [1.807, 2.05) is 12.1 Å². The van der Waals surface area contributed by atoms with Crippen LogP contribution in [-0.2, 0) is 7.05 Å². The number of amides is 1. The first kappa shape index (κ1) is 18.1. The zero-order valence-electron chi connectivity index (χ0n) is 15.9. The maximum atomic E-state index is 13.2. The lowest BCUT2D eigenvalue weighted by molar-refractivity contribution is 0.101. The molecule has 2 aliphatic rings. The molecule has 27 heavy (non-hydrogen) atoms. The molecule has 1 aromatic heterocycles. The van der Waals surface area contributed by atoms with Crippen molar-refractivity contribution >= 4 is 11.6 Å². The van der Waals surface area contributed by atoms with Crippen LogP contribution in [0, 0.1) is 11.8 Å². The summed E-state index contributed by atoms with van der Waals surface area (Å²) < 4.78 is 27.7. The molecule has 3 atom stereocenters. The van der Waals surface area contributed by atoms with Crippen LogP contribution in [0.3, 0.4) is 0 Å². The van der Waals surface area contributed by atoms with Gasteiger partial charge < -0.3 is 5.32 Å². The number of fused-ring (bicyclic) bond motifs is 5. The van der Waals surface area contributed by atoms with Gasteiger partial charge in [-0.25, -0.2) is 8.78 Å². The standard InChI is InChI=1S/C21H25F2N3O/c1-11(2)9-15-12-7-8-14(15)18-13(12)5-4-6-17(18)24-21(27)16-10-26(3)25-19(16)20(22)23/h4-6,10-12,14-15,20H,7-9H2,1-3H3,(H,24,27). The van der Waals surface area contributed by atoms with Crippen LogP contribution in [0.25, 0.3) is 0 Å². The normalized spacial score (nSPS) is 23.3. The van der Waals surface area contributed by atoms with Crippen LogP contribution >= 0.6 is 0 Å². The maximum absolute atomic E-state index is 13.2. The minimum atomic E-state index is -2.78. The van der Waals surface area contributed by atoms with Crippen molar-refractivity contribution in [2.45, 2.75) is 51.4 Å². The lowest BCUT2D eigenvalue weighted by atomic mass is 9.87. The summed E-state index contributed by atoms with van der Waals surface area (Å²) in [6, 6.07) is 6.01. The molecule has 4 nitrogen and oxygen atoms in total. The third kappa shape index (κ3) is 3.05. The highest BCUT2D eigenvalue weighted by atomic mass is 19.3. The Balaban J connectivity index is 1.64. The van der Waals surface area contributed by atoms with Crippen LogP contribution < -0.4 is 5.32 Å². The molecule has 1 amide bonds. The van der Waals surface area contributed by atoms with Gasteiger partial charge >= 0.3 is 0 Å². The third-order valence-electron chi connectivity index (χ3n) is 6.03. The van der Waals surface area contributed by atoms with Crippen LogP contribution in [0.2, 0.25) is 0 Å². The highest BCUT2D eigenvalue weighted by Gasteiger charge is 2.46. The quantitative estimate of drug-likeness (QED) is 0.778. The fourth-order valence-electron chi connectivity index (χ4n) is 5.15. The number of hydrogen-bond donors (Lipinski definition) is 1. The Bertz CT molecular complexity index is 874. The first-order valence-electron chi connectivity index (χ1n) is 9.62. The molecule has 2 aromatic rings. The van der Waals surface area contributed by atoms with Crippen molar-refractivity contribution in [3.05, 3.63) is 46.8 Å². The van der Waals surface area contributed by atoms with Crippen LogP contribution in [0.15, 0.2) is 24.4 Å². The number of aromatic nitrogens is 2. The minimum Gasteiger partial charge on any atom is -0.322 e. The number of hydrogen-bond acceptors (Lipinski definition) is 2. The van der Waals surface area contributed by atoms with E-state index in [1.165, 1.54) is 34.8 Å². The van der Waals surface area contributed by atoms with E-state index in [0.29, 0.717) is 23.7 Å². The summed E-state index contributed by atoms with van der Waals surface area (Å²) in [4.78, 5) is 12.7. The van der Waals surface area contributed by atoms with Gasteiger partial charge in [-0.3, -0.25) is 9.48 Å². The molecule has 0 spiro atoms. The minimum absolute atomic E-state index is 0.0630. The molecule has 0 saturated heterocycles. The Kier molecular flexibility index (Phi) is 4.52. The predicted molar refractivity (Wildman–Crippen MR) is 100 cm³/mol. The van der Waals surface area contributed by atoms with Crippen LogP contribution in [-0.4, -0.2) is 15.7 Å². The lowest BCUT2D eigenvalue weighted by Crippen LogP contribution is -2.16. The van der Waals surface area contributed by atoms with Gasteiger partial charge in [-0.15, -0.1) is 0 Å². The number of alkyl halides is 2. The predicted octanol–water partition coefficient (Wildman–Crippen LogP) is 5.25. The monoisotopic (exact) mass is 373 g/mol. The van der Waals surface area contributed by atoms with Gasteiger partial charge in [-0.2, -0.15) is 5.10 Å². The molecular weight excluding hydrogens is 348 g/mol. The lowest BCUT2D eigenvalue weighted by Gasteiger charge is -2.20. The van der Waals surface area contributed by atoms with Gasteiger partial charge in [-0.05, 0) is 60.1 Å². The number of halogens is 2. The van der Waals surface area contributed by atoms with E-state index in [-0.39, 0.29) is 5.56 Å². The van der Waals surface area contributed by atoms with Gasteiger partial charge in [0.05, 0.1) is 5.56 Å². The summed E-state index contributed by atoms with van der Waals surface area (Å²) in [5, 5.41) is 6.63. The van der Waals surface area contributed by atoms with E-state index in [1.54, 1.807) is 7.05 Å². The molecule has 1 saturated carbocycles. The number of anilines is 1. The smallest absolute Gasteiger partial charge is 0.282 e. The maximum Gasteiger partial charge on any atom is 0.282 e. The molecule has 144 valence electrons. The number of rotatable bonds is 5. The first-order valence-corrected chi connectivity index (χ1v) is 9.62. The van der Waals surface area contributed by atoms with E-state index in [4.69, 9.17) is 0 Å². The Labute approximate surface area is 158 Å². The zero-order valence-corrected chi connectivity index (χ0v) is 15.9. The fraction of sp³-hybridized carbons (Fsp3) is 0.524. The van der Waals surface area contributed by atoms with E-state index in [9.17, 15) is 13.6 Å². The van der Waals surface area contributed by atoms with Crippen LogP contribution in [0.1, 0.15) is 78.6 Å². The number of aryl methyl sites for hydroxylation is 1. The van der Waals surface area contributed by atoms with Crippen molar-refractivity contribution in [2.24, 2.45) is 18.9 Å². The van der Waals surface area contributed by atoms with Gasteiger partial charge in [0.2, 0.25) is 0 Å².